The number of nitrogen functional groups attached to an aromatic ring is 1. The molecule has 0 aliphatic carbocycles. The van der Waals surface area contributed by atoms with E-state index in [-0.39, 0.29) is 5.69 Å². The minimum Gasteiger partial charge on any atom is -0.396 e. The normalized spacial score (nSPS) is 10.3. The van der Waals surface area contributed by atoms with Gasteiger partial charge >= 0.3 is 0 Å². The van der Waals surface area contributed by atoms with Gasteiger partial charge in [0.25, 0.3) is 5.91 Å². The van der Waals surface area contributed by atoms with E-state index in [9.17, 15) is 13.6 Å². The zero-order valence-corrected chi connectivity index (χ0v) is 10.6. The number of carbonyl (C=O) groups excluding carboxylic acids is 1. The van der Waals surface area contributed by atoms with Gasteiger partial charge in [0.05, 0.1) is 11.3 Å². The van der Waals surface area contributed by atoms with Crippen molar-refractivity contribution in [2.24, 2.45) is 0 Å². The molecule has 0 radical (unpaired) electrons. The predicted molar refractivity (Wildman–Crippen MR) is 71.0 cm³/mol. The molecule has 2 aromatic rings. The van der Waals surface area contributed by atoms with E-state index in [1.165, 1.54) is 0 Å². The third kappa shape index (κ3) is 3.28. The Morgan fingerprint density at radius 3 is 2.65 bits per heavy atom. The van der Waals surface area contributed by atoms with Crippen LogP contribution in [0.5, 0.6) is 0 Å². The van der Waals surface area contributed by atoms with Crippen LogP contribution in [0.15, 0.2) is 36.7 Å². The molecule has 0 atom stereocenters. The molecule has 0 aliphatic rings. The maximum absolute atomic E-state index is 13.6. The maximum Gasteiger partial charge on any atom is 0.254 e. The fourth-order valence-electron chi connectivity index (χ4n) is 1.74. The highest BCUT2D eigenvalue weighted by molar-refractivity contribution is 5.95. The SMILES string of the molecule is Nc1cc(F)cc(C(=O)NCCc2ccncc2)c1F. The molecule has 1 amide bonds. The van der Waals surface area contributed by atoms with E-state index in [2.05, 4.69) is 10.3 Å². The summed E-state index contributed by atoms with van der Waals surface area (Å²) in [7, 11) is 0. The van der Waals surface area contributed by atoms with Crippen LogP contribution in [0.1, 0.15) is 15.9 Å². The smallest absolute Gasteiger partial charge is 0.254 e. The number of benzene rings is 1. The third-order valence-corrected chi connectivity index (χ3v) is 2.76. The summed E-state index contributed by atoms with van der Waals surface area (Å²) in [5, 5.41) is 2.52. The Kier molecular flexibility index (Phi) is 4.24. The number of nitrogens with two attached hydrogens (primary N) is 1. The zero-order chi connectivity index (χ0) is 14.5. The Hall–Kier alpha value is -2.50. The van der Waals surface area contributed by atoms with E-state index in [0.717, 1.165) is 17.7 Å². The molecule has 0 bridgehead atoms. The molecule has 3 N–H and O–H groups in total. The first kappa shape index (κ1) is 13.9. The van der Waals surface area contributed by atoms with Crippen molar-refractivity contribution in [1.29, 1.82) is 0 Å². The minimum absolute atomic E-state index is 0.304. The lowest BCUT2D eigenvalue weighted by molar-refractivity contribution is 0.0949. The first-order valence-corrected chi connectivity index (χ1v) is 5.99. The van der Waals surface area contributed by atoms with Crippen LogP contribution in [0.3, 0.4) is 0 Å². The van der Waals surface area contributed by atoms with Crippen molar-refractivity contribution < 1.29 is 13.6 Å². The van der Waals surface area contributed by atoms with E-state index < -0.39 is 23.1 Å². The molecule has 1 heterocycles. The van der Waals surface area contributed by atoms with Gasteiger partial charge in [-0.15, -0.1) is 0 Å². The molecule has 104 valence electrons. The van der Waals surface area contributed by atoms with Crippen LogP contribution in [-0.4, -0.2) is 17.4 Å². The number of hydrogen-bond acceptors (Lipinski definition) is 3. The summed E-state index contributed by atoms with van der Waals surface area (Å²) in [5.74, 6) is -2.35. The molecule has 2 rings (SSSR count). The number of pyridine rings is 1. The molecule has 1 aromatic heterocycles. The van der Waals surface area contributed by atoms with Crippen molar-refractivity contribution in [2.45, 2.75) is 6.42 Å². The van der Waals surface area contributed by atoms with Crippen molar-refractivity contribution in [3.8, 4) is 0 Å². The highest BCUT2D eigenvalue weighted by Crippen LogP contribution is 2.17. The molecule has 0 spiro atoms. The van der Waals surface area contributed by atoms with Crippen molar-refractivity contribution in [3.05, 3.63) is 59.4 Å². The van der Waals surface area contributed by atoms with Crippen molar-refractivity contribution >= 4 is 11.6 Å². The van der Waals surface area contributed by atoms with Gasteiger partial charge in [-0.1, -0.05) is 0 Å². The van der Waals surface area contributed by atoms with Gasteiger partial charge < -0.3 is 11.1 Å². The minimum atomic E-state index is -0.909. The highest BCUT2D eigenvalue weighted by atomic mass is 19.1. The second-order valence-corrected chi connectivity index (χ2v) is 4.22. The number of carbonyl (C=O) groups is 1. The Balaban J connectivity index is 1.99. The van der Waals surface area contributed by atoms with Gasteiger partial charge in [-0.25, -0.2) is 8.78 Å². The van der Waals surface area contributed by atoms with Crippen LogP contribution in [0, 0.1) is 11.6 Å². The van der Waals surface area contributed by atoms with Crippen LogP contribution in [0.2, 0.25) is 0 Å². The number of hydrogen-bond donors (Lipinski definition) is 2. The molecule has 20 heavy (non-hydrogen) atoms. The van der Waals surface area contributed by atoms with E-state index in [0.29, 0.717) is 13.0 Å². The molecule has 0 saturated carbocycles. The van der Waals surface area contributed by atoms with Gasteiger partial charge in [-0.3, -0.25) is 9.78 Å². The van der Waals surface area contributed by atoms with Gasteiger partial charge in [0.15, 0.2) is 5.82 Å². The lowest BCUT2D eigenvalue weighted by atomic mass is 10.1. The van der Waals surface area contributed by atoms with Gasteiger partial charge in [-0.2, -0.15) is 0 Å². The van der Waals surface area contributed by atoms with Crippen LogP contribution in [0.4, 0.5) is 14.5 Å². The molecular weight excluding hydrogens is 264 g/mol. The van der Waals surface area contributed by atoms with Gasteiger partial charge in [-0.05, 0) is 36.2 Å². The Morgan fingerprint density at radius 2 is 1.95 bits per heavy atom. The number of anilines is 1. The summed E-state index contributed by atoms with van der Waals surface area (Å²) in [4.78, 5) is 15.6. The zero-order valence-electron chi connectivity index (χ0n) is 10.6. The molecular formula is C14H13F2N3O. The highest BCUT2D eigenvalue weighted by Gasteiger charge is 2.15. The predicted octanol–water partition coefficient (Wildman–Crippen LogP) is 1.91. The van der Waals surface area contributed by atoms with Gasteiger partial charge in [0.1, 0.15) is 5.82 Å². The lowest BCUT2D eigenvalue weighted by Crippen LogP contribution is -2.27. The molecule has 0 aliphatic heterocycles. The average Bonchev–Trinajstić information content (AvgIpc) is 2.44. The topological polar surface area (TPSA) is 68.0 Å². The second-order valence-electron chi connectivity index (χ2n) is 4.22. The molecule has 0 saturated heterocycles. The fourth-order valence-corrected chi connectivity index (χ4v) is 1.74. The first-order chi connectivity index (χ1) is 9.58. The summed E-state index contributed by atoms with van der Waals surface area (Å²) in [5.41, 5.74) is 5.49. The number of amides is 1. The Morgan fingerprint density at radius 1 is 1.25 bits per heavy atom. The second kappa shape index (κ2) is 6.10. The van der Waals surface area contributed by atoms with Gasteiger partial charge in [0, 0.05) is 18.9 Å². The summed E-state index contributed by atoms with van der Waals surface area (Å²) in [6, 6.07) is 5.29. The standard InChI is InChI=1S/C14H13F2N3O/c15-10-7-11(13(16)12(17)8-10)14(20)19-6-3-9-1-4-18-5-2-9/h1-2,4-5,7-8H,3,6,17H2,(H,19,20). The third-order valence-electron chi connectivity index (χ3n) is 2.76. The lowest BCUT2D eigenvalue weighted by Gasteiger charge is -2.08. The van der Waals surface area contributed by atoms with Crippen LogP contribution >= 0.6 is 0 Å². The summed E-state index contributed by atoms with van der Waals surface area (Å²) in [6.07, 6.45) is 3.86. The van der Waals surface area contributed by atoms with Crippen LogP contribution in [-0.2, 0) is 6.42 Å². The molecule has 0 unspecified atom stereocenters. The molecule has 1 aromatic carbocycles. The van der Waals surface area contributed by atoms with E-state index in [1.807, 2.05) is 12.1 Å². The molecule has 4 nitrogen and oxygen atoms in total. The molecule has 0 fully saturated rings. The van der Waals surface area contributed by atoms with Crippen molar-refractivity contribution in [1.82, 2.24) is 10.3 Å². The number of nitrogens with one attached hydrogen (secondary N) is 1. The largest absolute Gasteiger partial charge is 0.396 e. The van der Waals surface area contributed by atoms with Gasteiger partial charge in [0.2, 0.25) is 0 Å². The van der Waals surface area contributed by atoms with Crippen LogP contribution in [0.25, 0.3) is 0 Å². The summed E-state index contributed by atoms with van der Waals surface area (Å²) < 4.78 is 26.7. The van der Waals surface area contributed by atoms with E-state index in [4.69, 9.17) is 5.73 Å². The Labute approximate surface area is 114 Å². The van der Waals surface area contributed by atoms with E-state index in [1.54, 1.807) is 12.4 Å². The average molecular weight is 277 g/mol. The van der Waals surface area contributed by atoms with Crippen molar-refractivity contribution in [2.75, 3.05) is 12.3 Å². The Bertz CT molecular complexity index is 617. The van der Waals surface area contributed by atoms with E-state index >= 15 is 0 Å². The number of aromatic nitrogens is 1. The summed E-state index contributed by atoms with van der Waals surface area (Å²) >= 11 is 0. The quantitative estimate of drug-likeness (QED) is 0.839. The van der Waals surface area contributed by atoms with Crippen LogP contribution < -0.4 is 11.1 Å². The number of halogens is 2. The summed E-state index contributed by atoms with van der Waals surface area (Å²) in [6.45, 7) is 0.304. The number of rotatable bonds is 4. The maximum atomic E-state index is 13.6. The monoisotopic (exact) mass is 277 g/mol. The van der Waals surface area contributed by atoms with Crippen molar-refractivity contribution in [3.63, 3.8) is 0 Å². The molecule has 6 heteroatoms. The first-order valence-electron chi connectivity index (χ1n) is 5.99. The number of nitrogens with zero attached hydrogens (tertiary/aromatic N) is 1. The fraction of sp³-hybridized carbons (Fsp3) is 0.143.